The van der Waals surface area contributed by atoms with Gasteiger partial charge in [0.05, 0.1) is 10.3 Å². The van der Waals surface area contributed by atoms with Gasteiger partial charge in [-0.3, -0.25) is 9.78 Å². The summed E-state index contributed by atoms with van der Waals surface area (Å²) in [4.78, 5) is 18.4. The van der Waals surface area contributed by atoms with Gasteiger partial charge in [-0.1, -0.05) is 29.3 Å². The highest BCUT2D eigenvalue weighted by molar-refractivity contribution is 7.89. The molecule has 1 atom stereocenters. The number of piperidine rings is 1. The van der Waals surface area contributed by atoms with Gasteiger partial charge in [-0.2, -0.15) is 4.31 Å². The summed E-state index contributed by atoms with van der Waals surface area (Å²) in [6, 6.07) is 15.5. The molecule has 0 radical (unpaired) electrons. The number of rotatable bonds is 7. The molecule has 0 bridgehead atoms. The van der Waals surface area contributed by atoms with Crippen LogP contribution in [0.2, 0.25) is 5.02 Å². The zero-order chi connectivity index (χ0) is 27.8. The van der Waals surface area contributed by atoms with Crippen LogP contribution < -0.4 is 5.32 Å². The first kappa shape index (κ1) is 26.9. The maximum atomic E-state index is 14.1. The Morgan fingerprint density at radius 2 is 1.95 bits per heavy atom. The predicted octanol–water partition coefficient (Wildman–Crippen LogP) is 5.79. The number of benzene rings is 2. The second-order valence-electron chi connectivity index (χ2n) is 9.69. The maximum absolute atomic E-state index is 14.1. The Hall–Kier alpha value is -3.66. The molecule has 200 valence electrons. The fourth-order valence-electron chi connectivity index (χ4n) is 5.10. The number of halogens is 2. The van der Waals surface area contributed by atoms with Crippen LogP contribution in [0.25, 0.3) is 0 Å². The number of hydrogen-bond acceptors (Lipinski definition) is 6. The molecule has 1 aliphatic heterocycles. The number of Topliss-reactive ketones (excluding diaryl/α,β-unsaturated/α-hetero) is 1. The third kappa shape index (κ3) is 5.05. The van der Waals surface area contributed by atoms with E-state index in [2.05, 4.69) is 10.3 Å². The van der Waals surface area contributed by atoms with Gasteiger partial charge >= 0.3 is 0 Å². The van der Waals surface area contributed by atoms with E-state index >= 15 is 0 Å². The van der Waals surface area contributed by atoms with Gasteiger partial charge in [-0.25, -0.2) is 12.8 Å². The normalized spacial score (nSPS) is 19.7. The Kier molecular flexibility index (Phi) is 7.24. The molecule has 39 heavy (non-hydrogen) atoms. The molecule has 2 heterocycles. The summed E-state index contributed by atoms with van der Waals surface area (Å²) in [6.45, 7) is 1.85. The van der Waals surface area contributed by atoms with Crippen LogP contribution in [0.3, 0.4) is 0 Å². The predicted molar refractivity (Wildman–Crippen MR) is 149 cm³/mol. The number of carbonyl (C=O) groups is 1. The van der Waals surface area contributed by atoms with Crippen molar-refractivity contribution in [3.05, 3.63) is 112 Å². The molecule has 1 aliphatic carbocycles. The third-order valence-electron chi connectivity index (χ3n) is 7.26. The van der Waals surface area contributed by atoms with E-state index in [1.165, 1.54) is 41.0 Å². The minimum Gasteiger partial charge on any atom is -0.355 e. The molecule has 5 rings (SSSR count). The van der Waals surface area contributed by atoms with Gasteiger partial charge in [-0.05, 0) is 85.5 Å². The number of aryl methyl sites for hydroxylation is 1. The zero-order valence-corrected chi connectivity index (χ0v) is 22.7. The van der Waals surface area contributed by atoms with E-state index in [0.29, 0.717) is 28.4 Å². The average molecular weight is 565 g/mol. The van der Waals surface area contributed by atoms with Crippen LogP contribution in [0.5, 0.6) is 0 Å². The van der Waals surface area contributed by atoms with Crippen LogP contribution in [0, 0.1) is 23.6 Å². The Morgan fingerprint density at radius 1 is 1.18 bits per heavy atom. The van der Waals surface area contributed by atoms with E-state index in [4.69, 9.17) is 17.0 Å². The number of aromatic nitrogens is 1. The summed E-state index contributed by atoms with van der Waals surface area (Å²) < 4.78 is 42.2. The van der Waals surface area contributed by atoms with Crippen LogP contribution in [0.4, 0.5) is 10.1 Å². The van der Waals surface area contributed by atoms with E-state index in [9.17, 15) is 17.6 Å². The van der Waals surface area contributed by atoms with Crippen LogP contribution in [0.1, 0.15) is 28.9 Å². The minimum absolute atomic E-state index is 0.0586. The average Bonchev–Trinajstić information content (AvgIpc) is 2.95. The lowest BCUT2D eigenvalue weighted by Crippen LogP contribution is -2.52. The molecule has 2 aromatic carbocycles. The maximum Gasteiger partial charge on any atom is 0.243 e. The van der Waals surface area contributed by atoms with Crippen molar-refractivity contribution in [1.82, 2.24) is 9.29 Å². The van der Waals surface area contributed by atoms with Crippen LogP contribution in [-0.2, 0) is 10.0 Å². The van der Waals surface area contributed by atoms with Gasteiger partial charge in [-0.15, -0.1) is 0 Å². The molecule has 3 aromatic rings. The van der Waals surface area contributed by atoms with Gasteiger partial charge in [0.1, 0.15) is 11.5 Å². The van der Waals surface area contributed by atoms with E-state index < -0.39 is 15.4 Å². The highest BCUT2D eigenvalue weighted by Crippen LogP contribution is 2.48. The van der Waals surface area contributed by atoms with E-state index in [1.54, 1.807) is 43.3 Å². The van der Waals surface area contributed by atoms with Gasteiger partial charge in [0.15, 0.2) is 5.78 Å². The summed E-state index contributed by atoms with van der Waals surface area (Å²) in [5.74, 6) is -0.677. The van der Waals surface area contributed by atoms with Crippen molar-refractivity contribution in [1.29, 1.82) is 5.41 Å². The van der Waals surface area contributed by atoms with Gasteiger partial charge in [0.25, 0.3) is 0 Å². The van der Waals surface area contributed by atoms with Gasteiger partial charge in [0.2, 0.25) is 10.0 Å². The number of nitrogens with one attached hydrogen (secondary N) is 2. The number of sulfonamides is 1. The van der Waals surface area contributed by atoms with Crippen molar-refractivity contribution in [2.75, 3.05) is 18.4 Å². The molecule has 0 unspecified atom stereocenters. The van der Waals surface area contributed by atoms with Crippen molar-refractivity contribution in [2.45, 2.75) is 24.7 Å². The van der Waals surface area contributed by atoms with Gasteiger partial charge < -0.3 is 10.7 Å². The molecule has 10 heteroatoms. The Bertz CT molecular complexity index is 1620. The van der Waals surface area contributed by atoms with Crippen molar-refractivity contribution in [3.63, 3.8) is 0 Å². The molecule has 2 aliphatic rings. The highest BCUT2D eigenvalue weighted by Gasteiger charge is 2.51. The lowest BCUT2D eigenvalue weighted by Gasteiger charge is -2.45. The van der Waals surface area contributed by atoms with Crippen LogP contribution in [-0.4, -0.2) is 42.8 Å². The number of carbonyl (C=O) groups excluding carboxylic acids is 1. The molecule has 0 spiro atoms. The second-order valence-corrected chi connectivity index (χ2v) is 12.0. The third-order valence-corrected chi connectivity index (χ3v) is 9.51. The Morgan fingerprint density at radius 3 is 2.62 bits per heavy atom. The SMILES string of the molecule is Cc1ccc(S(=O)(=O)N2CCC3=CC(Nc4ccc(F)cc4)=C(C=N)C[C@]3(C(=O)c3ccccn3)C2)cc1Cl. The van der Waals surface area contributed by atoms with Crippen molar-refractivity contribution in [3.8, 4) is 0 Å². The molecular formula is C29H26ClFN4O3S. The lowest BCUT2D eigenvalue weighted by molar-refractivity contribution is 0.0770. The first-order valence-corrected chi connectivity index (χ1v) is 14.2. The van der Waals surface area contributed by atoms with E-state index in [1.807, 2.05) is 6.08 Å². The number of nitrogens with zero attached hydrogens (tertiary/aromatic N) is 2. The number of fused-ring (bicyclic) bond motifs is 1. The fourth-order valence-corrected chi connectivity index (χ4v) is 6.87. The van der Waals surface area contributed by atoms with Crippen LogP contribution >= 0.6 is 11.6 Å². The molecule has 1 aromatic heterocycles. The number of pyridine rings is 1. The Balaban J connectivity index is 1.57. The quantitative estimate of drug-likeness (QED) is 0.279. The molecule has 1 fully saturated rings. The topological polar surface area (TPSA) is 103 Å². The highest BCUT2D eigenvalue weighted by atomic mass is 35.5. The molecular weight excluding hydrogens is 539 g/mol. The monoisotopic (exact) mass is 564 g/mol. The van der Waals surface area contributed by atoms with E-state index in [0.717, 1.165) is 11.1 Å². The summed E-state index contributed by atoms with van der Waals surface area (Å²) >= 11 is 6.24. The molecule has 2 N–H and O–H groups in total. The summed E-state index contributed by atoms with van der Waals surface area (Å²) in [5.41, 5.74) is 2.23. The summed E-state index contributed by atoms with van der Waals surface area (Å²) in [7, 11) is -3.97. The number of hydrogen-bond donors (Lipinski definition) is 2. The standard InChI is InChI=1S/C29H26ClFN4O3S/c1-19-5-10-24(15-25(19)30)39(37,38)35-13-11-21-14-27(34-23-8-6-22(31)7-9-23)20(17-32)16-29(21,18-35)28(36)26-4-2-3-12-33-26/h2-10,12,14-15,17,32,34H,11,13,16,18H2,1H3/t29-/m0/s1. The molecule has 0 amide bonds. The number of ketones is 1. The van der Waals surface area contributed by atoms with Gasteiger partial charge in [0, 0.05) is 41.9 Å². The fraction of sp³-hybridized carbons (Fsp3) is 0.207. The largest absolute Gasteiger partial charge is 0.355 e. The van der Waals surface area contributed by atoms with Crippen molar-refractivity contribution >= 4 is 39.3 Å². The Labute approximate surface area is 231 Å². The molecule has 7 nitrogen and oxygen atoms in total. The summed E-state index contributed by atoms with van der Waals surface area (Å²) in [6.07, 6.45) is 4.91. The smallest absolute Gasteiger partial charge is 0.243 e. The zero-order valence-electron chi connectivity index (χ0n) is 21.1. The van der Waals surface area contributed by atoms with E-state index in [-0.39, 0.29) is 41.7 Å². The van der Waals surface area contributed by atoms with Crippen molar-refractivity contribution < 1.29 is 17.6 Å². The lowest BCUT2D eigenvalue weighted by atomic mass is 9.65. The number of allylic oxidation sites excluding steroid dienone is 2. The molecule has 1 saturated heterocycles. The van der Waals surface area contributed by atoms with Crippen LogP contribution in [0.15, 0.2) is 94.7 Å². The van der Waals surface area contributed by atoms with Crippen molar-refractivity contribution in [2.24, 2.45) is 5.41 Å². The summed E-state index contributed by atoms with van der Waals surface area (Å²) in [5, 5.41) is 11.7. The first-order chi connectivity index (χ1) is 18.6. The second kappa shape index (κ2) is 10.5. The number of anilines is 1. The minimum atomic E-state index is -3.97. The molecule has 0 saturated carbocycles. The first-order valence-electron chi connectivity index (χ1n) is 12.3.